The molecule has 1 atom stereocenters. The van der Waals surface area contributed by atoms with Crippen molar-refractivity contribution in [2.24, 2.45) is 5.73 Å². The summed E-state index contributed by atoms with van der Waals surface area (Å²) in [7, 11) is 0. The molecule has 0 aromatic carbocycles. The Labute approximate surface area is 76.9 Å². The van der Waals surface area contributed by atoms with Crippen LogP contribution in [0.25, 0.3) is 0 Å². The molecule has 0 amide bonds. The van der Waals surface area contributed by atoms with E-state index in [2.05, 4.69) is 10.3 Å². The molecular weight excluding hydrogens is 174 g/mol. The van der Waals surface area contributed by atoms with E-state index in [1.807, 2.05) is 6.92 Å². The molecule has 1 rings (SSSR count). The molecule has 0 aliphatic heterocycles. The first kappa shape index (κ1) is 9.29. The monoisotopic (exact) mass is 185 g/mol. The highest BCUT2D eigenvalue weighted by Crippen LogP contribution is 2.19. The van der Waals surface area contributed by atoms with Gasteiger partial charge in [0, 0.05) is 18.8 Å². The summed E-state index contributed by atoms with van der Waals surface area (Å²) < 4.78 is 0. The molecule has 0 aliphatic carbocycles. The highest BCUT2D eigenvalue weighted by Gasteiger charge is 2.02. The Kier molecular flexibility index (Phi) is 3.31. The third kappa shape index (κ3) is 2.36. The largest absolute Gasteiger partial charge is 0.379 e. The standard InChI is InChI=1S/C8H12ClN3/c1-6(4-10)12-8-5-11-3-2-7(8)9/h2-3,5-6,12H,4,10H2,1H3. The summed E-state index contributed by atoms with van der Waals surface area (Å²) in [5.74, 6) is 0. The van der Waals surface area contributed by atoms with Crippen LogP contribution in [-0.2, 0) is 0 Å². The van der Waals surface area contributed by atoms with E-state index in [4.69, 9.17) is 17.3 Å². The van der Waals surface area contributed by atoms with Crippen molar-refractivity contribution < 1.29 is 0 Å². The van der Waals surface area contributed by atoms with Crippen LogP contribution in [0.4, 0.5) is 5.69 Å². The molecule has 1 heterocycles. The summed E-state index contributed by atoms with van der Waals surface area (Å²) in [6, 6.07) is 1.96. The van der Waals surface area contributed by atoms with Crippen molar-refractivity contribution in [2.75, 3.05) is 11.9 Å². The fourth-order valence-electron chi connectivity index (χ4n) is 0.808. The molecular formula is C8H12ClN3. The van der Waals surface area contributed by atoms with E-state index in [0.717, 1.165) is 5.69 Å². The van der Waals surface area contributed by atoms with Gasteiger partial charge in [-0.05, 0) is 13.0 Å². The fourth-order valence-corrected chi connectivity index (χ4v) is 0.968. The van der Waals surface area contributed by atoms with Gasteiger partial charge in [0.1, 0.15) is 0 Å². The summed E-state index contributed by atoms with van der Waals surface area (Å²) in [4.78, 5) is 3.95. The number of nitrogens with two attached hydrogens (primary N) is 1. The number of nitrogens with zero attached hydrogens (tertiary/aromatic N) is 1. The Bertz CT molecular complexity index is 252. The number of rotatable bonds is 3. The Morgan fingerprint density at radius 2 is 2.50 bits per heavy atom. The van der Waals surface area contributed by atoms with Gasteiger partial charge in [0.2, 0.25) is 0 Å². The van der Waals surface area contributed by atoms with Gasteiger partial charge < -0.3 is 11.1 Å². The zero-order valence-corrected chi connectivity index (χ0v) is 7.67. The molecule has 1 unspecified atom stereocenters. The minimum Gasteiger partial charge on any atom is -0.379 e. The average Bonchev–Trinajstić information content (AvgIpc) is 2.09. The van der Waals surface area contributed by atoms with Crippen LogP contribution in [0.1, 0.15) is 6.92 Å². The molecule has 66 valence electrons. The van der Waals surface area contributed by atoms with Crippen molar-refractivity contribution in [1.82, 2.24) is 4.98 Å². The molecule has 4 heteroatoms. The molecule has 0 saturated carbocycles. The Morgan fingerprint density at radius 3 is 3.08 bits per heavy atom. The number of halogens is 1. The van der Waals surface area contributed by atoms with E-state index in [1.54, 1.807) is 18.5 Å². The van der Waals surface area contributed by atoms with E-state index in [-0.39, 0.29) is 6.04 Å². The smallest absolute Gasteiger partial charge is 0.0718 e. The lowest BCUT2D eigenvalue weighted by molar-refractivity contribution is 0.803. The Hall–Kier alpha value is -0.800. The molecule has 0 radical (unpaired) electrons. The zero-order chi connectivity index (χ0) is 8.97. The molecule has 0 fully saturated rings. The van der Waals surface area contributed by atoms with Crippen LogP contribution in [-0.4, -0.2) is 17.6 Å². The predicted octanol–water partition coefficient (Wildman–Crippen LogP) is 1.49. The number of aromatic nitrogens is 1. The summed E-state index contributed by atoms with van der Waals surface area (Å²) in [6.07, 6.45) is 3.34. The first-order chi connectivity index (χ1) is 5.74. The van der Waals surface area contributed by atoms with Crippen LogP contribution in [0.15, 0.2) is 18.5 Å². The van der Waals surface area contributed by atoms with Crippen molar-refractivity contribution in [3.05, 3.63) is 23.5 Å². The second kappa shape index (κ2) is 4.28. The third-order valence-corrected chi connectivity index (χ3v) is 1.85. The molecule has 12 heavy (non-hydrogen) atoms. The quantitative estimate of drug-likeness (QED) is 0.751. The number of anilines is 1. The van der Waals surface area contributed by atoms with Gasteiger partial charge in [0.15, 0.2) is 0 Å². The highest BCUT2D eigenvalue weighted by atomic mass is 35.5. The fraction of sp³-hybridized carbons (Fsp3) is 0.375. The van der Waals surface area contributed by atoms with E-state index < -0.39 is 0 Å². The van der Waals surface area contributed by atoms with Gasteiger partial charge in [-0.15, -0.1) is 0 Å². The van der Waals surface area contributed by atoms with E-state index in [0.29, 0.717) is 11.6 Å². The van der Waals surface area contributed by atoms with Crippen LogP contribution >= 0.6 is 11.6 Å². The van der Waals surface area contributed by atoms with Gasteiger partial charge in [-0.2, -0.15) is 0 Å². The van der Waals surface area contributed by atoms with Crippen LogP contribution in [0.2, 0.25) is 5.02 Å². The number of nitrogens with one attached hydrogen (secondary N) is 1. The Morgan fingerprint density at radius 1 is 1.75 bits per heavy atom. The first-order valence-corrected chi connectivity index (χ1v) is 4.18. The number of hydrogen-bond donors (Lipinski definition) is 2. The van der Waals surface area contributed by atoms with Gasteiger partial charge in [-0.1, -0.05) is 11.6 Å². The van der Waals surface area contributed by atoms with E-state index in [9.17, 15) is 0 Å². The van der Waals surface area contributed by atoms with Gasteiger partial charge in [-0.3, -0.25) is 4.98 Å². The minimum atomic E-state index is 0.215. The van der Waals surface area contributed by atoms with Gasteiger partial charge in [0.25, 0.3) is 0 Å². The molecule has 0 spiro atoms. The molecule has 1 aromatic heterocycles. The van der Waals surface area contributed by atoms with Crippen LogP contribution in [0.5, 0.6) is 0 Å². The van der Waals surface area contributed by atoms with Crippen LogP contribution < -0.4 is 11.1 Å². The topological polar surface area (TPSA) is 50.9 Å². The molecule has 3 nitrogen and oxygen atoms in total. The highest BCUT2D eigenvalue weighted by molar-refractivity contribution is 6.33. The number of pyridine rings is 1. The van der Waals surface area contributed by atoms with Crippen molar-refractivity contribution >= 4 is 17.3 Å². The maximum atomic E-state index is 5.88. The first-order valence-electron chi connectivity index (χ1n) is 3.80. The normalized spacial score (nSPS) is 12.6. The molecule has 1 aromatic rings. The van der Waals surface area contributed by atoms with E-state index >= 15 is 0 Å². The second-order valence-electron chi connectivity index (χ2n) is 2.64. The third-order valence-electron chi connectivity index (χ3n) is 1.52. The summed E-state index contributed by atoms with van der Waals surface area (Å²) >= 11 is 5.88. The van der Waals surface area contributed by atoms with Crippen molar-refractivity contribution in [2.45, 2.75) is 13.0 Å². The maximum absolute atomic E-state index is 5.88. The summed E-state index contributed by atoms with van der Waals surface area (Å²) in [6.45, 7) is 2.56. The molecule has 0 aliphatic rings. The molecule has 0 bridgehead atoms. The van der Waals surface area contributed by atoms with Gasteiger partial charge >= 0.3 is 0 Å². The molecule has 3 N–H and O–H groups in total. The lowest BCUT2D eigenvalue weighted by atomic mass is 10.3. The maximum Gasteiger partial charge on any atom is 0.0718 e. The van der Waals surface area contributed by atoms with Crippen LogP contribution in [0.3, 0.4) is 0 Å². The predicted molar refractivity (Wildman–Crippen MR) is 51.4 cm³/mol. The summed E-state index contributed by atoms with van der Waals surface area (Å²) in [5.41, 5.74) is 6.27. The van der Waals surface area contributed by atoms with Crippen LogP contribution in [0, 0.1) is 0 Å². The summed E-state index contributed by atoms with van der Waals surface area (Å²) in [5, 5.41) is 3.81. The zero-order valence-electron chi connectivity index (χ0n) is 6.92. The Balaban J connectivity index is 2.69. The SMILES string of the molecule is CC(CN)Nc1cnccc1Cl. The van der Waals surface area contributed by atoms with E-state index in [1.165, 1.54) is 0 Å². The number of hydrogen-bond acceptors (Lipinski definition) is 3. The lowest BCUT2D eigenvalue weighted by Crippen LogP contribution is -2.25. The average molecular weight is 186 g/mol. The minimum absolute atomic E-state index is 0.215. The van der Waals surface area contributed by atoms with Gasteiger partial charge in [0.05, 0.1) is 16.9 Å². The second-order valence-corrected chi connectivity index (χ2v) is 3.04. The van der Waals surface area contributed by atoms with Gasteiger partial charge in [-0.25, -0.2) is 0 Å². The van der Waals surface area contributed by atoms with Crippen molar-refractivity contribution in [3.8, 4) is 0 Å². The van der Waals surface area contributed by atoms with Crippen molar-refractivity contribution in [1.29, 1.82) is 0 Å². The van der Waals surface area contributed by atoms with Crippen molar-refractivity contribution in [3.63, 3.8) is 0 Å². The lowest BCUT2D eigenvalue weighted by Gasteiger charge is -2.12. The molecule has 0 saturated heterocycles.